The lowest BCUT2D eigenvalue weighted by Gasteiger charge is -2.26. The first-order valence-electron chi connectivity index (χ1n) is 15.6. The SMILES string of the molecule is COCCN(CCOC)c1cc(C)c(C=C2C(C)=CC(=[N+](CCOC)CCOC)C=C2C)c(C)c1.N#Cc1c([O-])c(Cl)c(Cl)c(O)c1C#N. The zero-order valence-electron chi connectivity index (χ0n) is 29.6. The van der Waals surface area contributed by atoms with Gasteiger partial charge in [-0.25, -0.2) is 4.58 Å². The van der Waals surface area contributed by atoms with Crippen molar-refractivity contribution in [1.29, 1.82) is 10.5 Å². The zero-order chi connectivity index (χ0) is 36.7. The molecule has 0 aromatic heterocycles. The second-order valence-corrected chi connectivity index (χ2v) is 12.1. The number of hydrogen-bond acceptors (Lipinski definition) is 9. The van der Waals surface area contributed by atoms with Crippen molar-refractivity contribution in [2.75, 3.05) is 85.9 Å². The summed E-state index contributed by atoms with van der Waals surface area (Å²) in [5, 5.41) is 36.8. The number of phenolic OH excluding ortho intramolecular Hbond substituents is 1. The quantitative estimate of drug-likeness (QED) is 0.236. The Bertz CT molecular complexity index is 1580. The standard InChI is InChI=1S/C29H45N2O4.C8H2Cl2N2O2/c1-22-17-26(30(9-13-32-5)10-14-33-6)18-23(2)28(22)21-29-24(3)19-27(20-25(29)4)31(11-15-34-7)12-16-35-8;9-5-6(10)8(14)4(2-12)3(1-11)7(5)13/h17-21H,9-16H2,1-8H3;13-14H/q+1;/p-1. The number of aryl methyl sites for hydroxylation is 2. The molecule has 0 bridgehead atoms. The van der Waals surface area contributed by atoms with Gasteiger partial charge in [-0.15, -0.1) is 0 Å². The molecule has 1 aliphatic carbocycles. The molecule has 264 valence electrons. The molecule has 12 heteroatoms. The fourth-order valence-electron chi connectivity index (χ4n) is 5.28. The van der Waals surface area contributed by atoms with Gasteiger partial charge in [0, 0.05) is 59.4 Å². The Morgan fingerprint density at radius 3 is 1.69 bits per heavy atom. The van der Waals surface area contributed by atoms with Crippen molar-refractivity contribution in [3.63, 3.8) is 0 Å². The van der Waals surface area contributed by atoms with Gasteiger partial charge in [-0.3, -0.25) is 0 Å². The Kier molecular flexibility index (Phi) is 17.4. The van der Waals surface area contributed by atoms with Crippen LogP contribution < -0.4 is 10.0 Å². The van der Waals surface area contributed by atoms with Gasteiger partial charge >= 0.3 is 0 Å². The van der Waals surface area contributed by atoms with E-state index in [9.17, 15) is 10.2 Å². The lowest BCUT2D eigenvalue weighted by molar-refractivity contribution is -0.531. The number of anilines is 1. The van der Waals surface area contributed by atoms with Crippen molar-refractivity contribution in [3.05, 3.63) is 78.9 Å². The third kappa shape index (κ3) is 11.1. The Balaban J connectivity index is 0.000000495. The number of allylic oxidation sites excluding steroid dienone is 5. The van der Waals surface area contributed by atoms with E-state index >= 15 is 0 Å². The van der Waals surface area contributed by atoms with Crippen molar-refractivity contribution in [2.24, 2.45) is 0 Å². The van der Waals surface area contributed by atoms with Crippen LogP contribution in [0.2, 0.25) is 10.0 Å². The molecule has 2 aromatic carbocycles. The van der Waals surface area contributed by atoms with Crippen LogP contribution in [0.15, 0.2) is 41.0 Å². The van der Waals surface area contributed by atoms with Gasteiger partial charge in [-0.2, -0.15) is 10.5 Å². The molecule has 2 aromatic rings. The van der Waals surface area contributed by atoms with Gasteiger partial charge < -0.3 is 34.1 Å². The molecule has 0 saturated heterocycles. The second kappa shape index (κ2) is 20.6. The predicted molar refractivity (Wildman–Crippen MR) is 193 cm³/mol. The second-order valence-electron chi connectivity index (χ2n) is 11.4. The van der Waals surface area contributed by atoms with Crippen molar-refractivity contribution >= 4 is 40.7 Å². The van der Waals surface area contributed by atoms with E-state index in [1.54, 1.807) is 28.4 Å². The minimum Gasteiger partial charge on any atom is -0.871 e. The molecule has 3 rings (SSSR count). The lowest BCUT2D eigenvalue weighted by Crippen LogP contribution is -2.30. The van der Waals surface area contributed by atoms with Crippen LogP contribution in [0.5, 0.6) is 11.5 Å². The van der Waals surface area contributed by atoms with E-state index in [4.69, 9.17) is 52.7 Å². The molecule has 0 saturated carbocycles. The van der Waals surface area contributed by atoms with Crippen molar-refractivity contribution in [1.82, 2.24) is 0 Å². The highest BCUT2D eigenvalue weighted by molar-refractivity contribution is 6.44. The fraction of sp³-hybridized carbons (Fsp3) is 0.432. The number of benzene rings is 2. The first-order chi connectivity index (χ1) is 23.4. The van der Waals surface area contributed by atoms with Gasteiger partial charge in [0.05, 0.1) is 23.8 Å². The minimum absolute atomic E-state index is 0.410. The third-order valence-corrected chi connectivity index (χ3v) is 8.80. The molecule has 1 N–H and O–H groups in total. The van der Waals surface area contributed by atoms with Crippen LogP contribution in [0.1, 0.15) is 41.7 Å². The van der Waals surface area contributed by atoms with Crippen LogP contribution >= 0.6 is 23.2 Å². The summed E-state index contributed by atoms with van der Waals surface area (Å²) in [4.78, 5) is 2.33. The van der Waals surface area contributed by atoms with E-state index in [0.717, 1.165) is 26.2 Å². The van der Waals surface area contributed by atoms with Crippen LogP contribution in [0.3, 0.4) is 0 Å². The number of hydrogen-bond donors (Lipinski definition) is 1. The summed E-state index contributed by atoms with van der Waals surface area (Å²) in [6.07, 6.45) is 6.90. The van der Waals surface area contributed by atoms with Gasteiger partial charge in [0.25, 0.3) is 0 Å². The highest BCUT2D eigenvalue weighted by Crippen LogP contribution is 2.41. The van der Waals surface area contributed by atoms with Crippen molar-refractivity contribution in [3.8, 4) is 23.6 Å². The Morgan fingerprint density at radius 1 is 0.796 bits per heavy atom. The molecule has 1 aliphatic rings. The number of nitrogens with zero attached hydrogens (tertiary/aromatic N) is 4. The van der Waals surface area contributed by atoms with Gasteiger partial charge in [0.2, 0.25) is 5.71 Å². The Labute approximate surface area is 300 Å². The summed E-state index contributed by atoms with van der Waals surface area (Å²) in [5.41, 5.74) is 9.10. The monoisotopic (exact) mass is 712 g/mol. The first-order valence-corrected chi connectivity index (χ1v) is 16.4. The van der Waals surface area contributed by atoms with Crippen molar-refractivity contribution < 1.29 is 33.7 Å². The van der Waals surface area contributed by atoms with E-state index in [1.165, 1.54) is 56.9 Å². The average molecular weight is 714 g/mol. The van der Waals surface area contributed by atoms with Crippen LogP contribution in [-0.2, 0) is 18.9 Å². The molecule has 0 amide bonds. The average Bonchev–Trinajstić information content (AvgIpc) is 3.08. The van der Waals surface area contributed by atoms with Crippen molar-refractivity contribution in [2.45, 2.75) is 27.7 Å². The van der Waals surface area contributed by atoms with Gasteiger partial charge in [-0.05, 0) is 79.3 Å². The zero-order valence-corrected chi connectivity index (χ0v) is 31.1. The molecule has 0 fully saturated rings. The fourth-order valence-corrected chi connectivity index (χ4v) is 5.65. The maximum Gasteiger partial charge on any atom is 0.200 e. The van der Waals surface area contributed by atoms with E-state index in [0.29, 0.717) is 26.4 Å². The lowest BCUT2D eigenvalue weighted by atomic mass is 9.89. The largest absolute Gasteiger partial charge is 0.871 e. The molecule has 49 heavy (non-hydrogen) atoms. The van der Waals surface area contributed by atoms with Gasteiger partial charge in [0.1, 0.15) is 35.9 Å². The summed E-state index contributed by atoms with van der Waals surface area (Å²) in [6, 6.07) is 7.55. The molecule has 0 radical (unpaired) electrons. The van der Waals surface area contributed by atoms with Gasteiger partial charge in [-0.1, -0.05) is 29.0 Å². The van der Waals surface area contributed by atoms with Crippen LogP contribution in [0.4, 0.5) is 5.69 Å². The Hall–Kier alpha value is -3.87. The summed E-state index contributed by atoms with van der Waals surface area (Å²) in [5.74, 6) is -1.50. The highest BCUT2D eigenvalue weighted by atomic mass is 35.5. The smallest absolute Gasteiger partial charge is 0.200 e. The maximum absolute atomic E-state index is 11.3. The van der Waals surface area contributed by atoms with Crippen LogP contribution in [-0.4, -0.2) is 96.4 Å². The van der Waals surface area contributed by atoms with E-state index < -0.39 is 32.7 Å². The normalized spacial score (nSPS) is 12.3. The maximum atomic E-state index is 11.3. The molecule has 0 atom stereocenters. The van der Waals surface area contributed by atoms with Crippen LogP contribution in [0.25, 0.3) is 6.08 Å². The number of phenols is 1. The van der Waals surface area contributed by atoms with Gasteiger partial charge in [0.15, 0.2) is 18.8 Å². The predicted octanol–water partition coefficient (Wildman–Crippen LogP) is 5.95. The van der Waals surface area contributed by atoms with E-state index in [1.807, 2.05) is 0 Å². The molecular weight excluding hydrogens is 667 g/mol. The molecule has 0 aliphatic heterocycles. The summed E-state index contributed by atoms with van der Waals surface area (Å²) >= 11 is 10.9. The number of nitriles is 2. The summed E-state index contributed by atoms with van der Waals surface area (Å²) < 4.78 is 23.6. The van der Waals surface area contributed by atoms with E-state index in [-0.39, 0.29) is 0 Å². The molecule has 0 heterocycles. The molecule has 10 nitrogen and oxygen atoms in total. The first kappa shape index (κ1) is 41.3. The van der Waals surface area contributed by atoms with Crippen LogP contribution in [0, 0.1) is 36.5 Å². The minimum atomic E-state index is -0.853. The molecular formula is C37H46Cl2N4O6. The number of methoxy groups -OCH3 is 4. The number of halogens is 2. The number of rotatable bonds is 14. The topological polar surface area (TPSA) is 134 Å². The third-order valence-electron chi connectivity index (χ3n) is 7.97. The highest BCUT2D eigenvalue weighted by Gasteiger charge is 2.20. The number of aromatic hydroxyl groups is 1. The summed E-state index contributed by atoms with van der Waals surface area (Å²) in [6.45, 7) is 14.9. The number of ether oxygens (including phenoxy) is 4. The molecule has 0 unspecified atom stereocenters. The Morgan fingerprint density at radius 2 is 1.27 bits per heavy atom. The molecule has 0 spiro atoms. The summed E-state index contributed by atoms with van der Waals surface area (Å²) in [7, 11) is 6.97. The van der Waals surface area contributed by atoms with E-state index in [2.05, 4.69) is 67.5 Å².